The number of nitrogens with one attached hydrogen (secondary N) is 2. The summed E-state index contributed by atoms with van der Waals surface area (Å²) in [4.78, 5) is 12.4. The molecule has 0 aliphatic carbocycles. The average molecular weight is 401 g/mol. The van der Waals surface area contributed by atoms with Gasteiger partial charge in [-0.1, -0.05) is 36.2 Å². The predicted octanol–water partition coefficient (Wildman–Crippen LogP) is 3.78. The molecule has 0 saturated heterocycles. The van der Waals surface area contributed by atoms with Crippen molar-refractivity contribution in [2.45, 2.75) is 24.8 Å². The van der Waals surface area contributed by atoms with Crippen LogP contribution >= 0.6 is 23.2 Å². The number of amides is 1. The molecule has 0 aromatic heterocycles. The lowest BCUT2D eigenvalue weighted by atomic mass is 10.1. The highest BCUT2D eigenvalue weighted by atomic mass is 35.5. The first-order chi connectivity index (χ1) is 11.7. The third-order valence-electron chi connectivity index (χ3n) is 3.55. The molecule has 0 spiro atoms. The van der Waals surface area contributed by atoms with Gasteiger partial charge in [0.1, 0.15) is 0 Å². The largest absolute Gasteiger partial charge is 0.346 e. The molecule has 5 nitrogen and oxygen atoms in total. The van der Waals surface area contributed by atoms with Crippen LogP contribution in [0, 0.1) is 0 Å². The molecule has 1 amide bonds. The second kappa shape index (κ2) is 8.19. The van der Waals surface area contributed by atoms with E-state index in [2.05, 4.69) is 10.0 Å². The maximum atomic E-state index is 12.3. The second-order valence-electron chi connectivity index (χ2n) is 5.39. The molecule has 8 heteroatoms. The summed E-state index contributed by atoms with van der Waals surface area (Å²) < 4.78 is 26.2. The zero-order valence-electron chi connectivity index (χ0n) is 13.7. The van der Waals surface area contributed by atoms with E-state index < -0.39 is 10.0 Å². The van der Waals surface area contributed by atoms with E-state index in [1.54, 1.807) is 25.1 Å². The topological polar surface area (TPSA) is 75.3 Å². The average Bonchev–Trinajstić information content (AvgIpc) is 2.57. The molecule has 0 bridgehead atoms. The summed E-state index contributed by atoms with van der Waals surface area (Å²) in [5.74, 6) is -0.314. The number of rotatable bonds is 6. The monoisotopic (exact) mass is 400 g/mol. The van der Waals surface area contributed by atoms with Gasteiger partial charge in [0.25, 0.3) is 5.91 Å². The third kappa shape index (κ3) is 4.95. The summed E-state index contributed by atoms with van der Waals surface area (Å²) >= 11 is 11.9. The Morgan fingerprint density at radius 1 is 1.08 bits per heavy atom. The smallest absolute Gasteiger partial charge is 0.251 e. The molecule has 0 aliphatic heterocycles. The third-order valence-corrected chi connectivity index (χ3v) is 5.85. The quantitative estimate of drug-likeness (QED) is 0.774. The van der Waals surface area contributed by atoms with Gasteiger partial charge in [0, 0.05) is 12.1 Å². The van der Waals surface area contributed by atoms with Crippen LogP contribution in [0.15, 0.2) is 47.4 Å². The van der Waals surface area contributed by atoms with Gasteiger partial charge >= 0.3 is 0 Å². The van der Waals surface area contributed by atoms with E-state index in [0.29, 0.717) is 22.2 Å². The van der Waals surface area contributed by atoms with E-state index >= 15 is 0 Å². The Hall–Kier alpha value is -1.60. The van der Waals surface area contributed by atoms with Crippen LogP contribution in [-0.2, 0) is 10.0 Å². The van der Waals surface area contributed by atoms with Crippen LogP contribution in [0.5, 0.6) is 0 Å². The summed E-state index contributed by atoms with van der Waals surface area (Å²) in [6.07, 6.45) is 0. The van der Waals surface area contributed by atoms with Gasteiger partial charge in [-0.05, 0) is 48.9 Å². The minimum atomic E-state index is -3.54. The Labute approximate surface area is 157 Å². The minimum Gasteiger partial charge on any atom is -0.346 e. The number of benzene rings is 2. The highest BCUT2D eigenvalue weighted by Gasteiger charge is 2.15. The van der Waals surface area contributed by atoms with Crippen molar-refractivity contribution >= 4 is 39.1 Å². The number of hydrogen-bond donors (Lipinski definition) is 2. The van der Waals surface area contributed by atoms with Gasteiger partial charge in [-0.25, -0.2) is 13.1 Å². The fourth-order valence-corrected chi connectivity index (χ4v) is 3.55. The minimum absolute atomic E-state index is 0.114. The van der Waals surface area contributed by atoms with E-state index in [9.17, 15) is 13.2 Å². The van der Waals surface area contributed by atoms with Crippen LogP contribution in [0.3, 0.4) is 0 Å². The number of hydrogen-bond acceptors (Lipinski definition) is 3. The highest BCUT2D eigenvalue weighted by Crippen LogP contribution is 2.25. The van der Waals surface area contributed by atoms with Gasteiger partial charge in [0.05, 0.1) is 21.0 Å². The first kappa shape index (κ1) is 19.7. The van der Waals surface area contributed by atoms with Crippen LogP contribution < -0.4 is 10.0 Å². The van der Waals surface area contributed by atoms with Gasteiger partial charge in [0.15, 0.2) is 0 Å². The van der Waals surface area contributed by atoms with Crippen molar-refractivity contribution in [1.82, 2.24) is 10.0 Å². The molecule has 2 N–H and O–H groups in total. The lowest BCUT2D eigenvalue weighted by molar-refractivity contribution is 0.0940. The number of carbonyl (C=O) groups excluding carboxylic acids is 1. The lowest BCUT2D eigenvalue weighted by Crippen LogP contribution is -2.27. The zero-order chi connectivity index (χ0) is 18.6. The maximum absolute atomic E-state index is 12.3. The molecular weight excluding hydrogens is 383 g/mol. The SMILES string of the molecule is CCNS(=O)(=O)c1ccc(C(=O)NC(C)c2ccc(Cl)c(Cl)c2)cc1. The molecule has 25 heavy (non-hydrogen) atoms. The van der Waals surface area contributed by atoms with Crippen molar-refractivity contribution in [3.05, 3.63) is 63.6 Å². The fraction of sp³-hybridized carbons (Fsp3) is 0.235. The molecule has 2 rings (SSSR count). The van der Waals surface area contributed by atoms with E-state index in [1.165, 1.54) is 24.3 Å². The maximum Gasteiger partial charge on any atom is 0.251 e. The lowest BCUT2D eigenvalue weighted by Gasteiger charge is -2.15. The molecule has 2 aromatic carbocycles. The number of carbonyl (C=O) groups is 1. The van der Waals surface area contributed by atoms with Gasteiger partial charge in [0.2, 0.25) is 10.0 Å². The second-order valence-corrected chi connectivity index (χ2v) is 7.98. The van der Waals surface area contributed by atoms with E-state index in [4.69, 9.17) is 23.2 Å². The van der Waals surface area contributed by atoms with E-state index in [-0.39, 0.29) is 16.8 Å². The molecule has 2 aromatic rings. The summed E-state index contributed by atoms with van der Waals surface area (Å²) in [6, 6.07) is 10.6. The van der Waals surface area contributed by atoms with E-state index in [0.717, 1.165) is 5.56 Å². The van der Waals surface area contributed by atoms with Crippen LogP contribution in [0.4, 0.5) is 0 Å². The Bertz CT molecular complexity index is 868. The Morgan fingerprint density at radius 2 is 1.72 bits per heavy atom. The first-order valence-electron chi connectivity index (χ1n) is 7.60. The Kier molecular flexibility index (Phi) is 6.46. The Balaban J connectivity index is 2.11. The van der Waals surface area contributed by atoms with Gasteiger partial charge in [-0.3, -0.25) is 4.79 Å². The normalized spacial score (nSPS) is 12.6. The van der Waals surface area contributed by atoms with E-state index in [1.807, 2.05) is 6.92 Å². The van der Waals surface area contributed by atoms with Crippen LogP contribution in [0.2, 0.25) is 10.0 Å². The van der Waals surface area contributed by atoms with Crippen LogP contribution in [-0.4, -0.2) is 20.9 Å². The number of halogens is 2. The molecule has 0 aliphatic rings. The number of sulfonamides is 1. The summed E-state index contributed by atoms with van der Waals surface area (Å²) in [7, 11) is -3.54. The van der Waals surface area contributed by atoms with Gasteiger partial charge in [-0.15, -0.1) is 0 Å². The molecule has 0 fully saturated rings. The molecule has 0 radical (unpaired) electrons. The van der Waals surface area contributed by atoms with Crippen molar-refractivity contribution in [3.63, 3.8) is 0 Å². The van der Waals surface area contributed by atoms with Crippen molar-refractivity contribution in [1.29, 1.82) is 0 Å². The summed E-state index contributed by atoms with van der Waals surface area (Å²) in [5.41, 5.74) is 1.18. The van der Waals surface area contributed by atoms with Crippen LogP contribution in [0.25, 0.3) is 0 Å². The van der Waals surface area contributed by atoms with Crippen molar-refractivity contribution in [2.75, 3.05) is 6.54 Å². The van der Waals surface area contributed by atoms with Gasteiger partial charge in [-0.2, -0.15) is 0 Å². The summed E-state index contributed by atoms with van der Waals surface area (Å²) in [6.45, 7) is 3.82. The molecule has 134 valence electrons. The molecule has 0 saturated carbocycles. The zero-order valence-corrected chi connectivity index (χ0v) is 16.0. The molecule has 1 atom stereocenters. The van der Waals surface area contributed by atoms with Crippen molar-refractivity contribution < 1.29 is 13.2 Å². The van der Waals surface area contributed by atoms with Crippen molar-refractivity contribution in [2.24, 2.45) is 0 Å². The van der Waals surface area contributed by atoms with Crippen molar-refractivity contribution in [3.8, 4) is 0 Å². The highest BCUT2D eigenvalue weighted by molar-refractivity contribution is 7.89. The molecule has 0 heterocycles. The van der Waals surface area contributed by atoms with Gasteiger partial charge < -0.3 is 5.32 Å². The van der Waals surface area contributed by atoms with Crippen LogP contribution in [0.1, 0.15) is 35.8 Å². The molecular formula is C17H18Cl2N2O3S. The standard InChI is InChI=1S/C17H18Cl2N2O3S/c1-3-20-25(23,24)14-7-4-12(5-8-14)17(22)21-11(2)13-6-9-15(18)16(19)10-13/h4-11,20H,3H2,1-2H3,(H,21,22). The Morgan fingerprint density at radius 3 is 2.28 bits per heavy atom. The predicted molar refractivity (Wildman–Crippen MR) is 99.6 cm³/mol. The fourth-order valence-electron chi connectivity index (χ4n) is 2.20. The molecule has 1 unspecified atom stereocenters. The summed E-state index contributed by atoms with van der Waals surface area (Å²) in [5, 5.41) is 3.70. The first-order valence-corrected chi connectivity index (χ1v) is 9.84.